The van der Waals surface area contributed by atoms with Crippen molar-refractivity contribution >= 4 is 35.2 Å². The molecule has 3 aliphatic rings. The van der Waals surface area contributed by atoms with Gasteiger partial charge in [-0.25, -0.2) is 14.2 Å². The van der Waals surface area contributed by atoms with Gasteiger partial charge in [-0.15, -0.1) is 12.4 Å². The maximum absolute atomic E-state index is 14.9. The molecular formula is C19H22ClFN4O3. The summed E-state index contributed by atoms with van der Waals surface area (Å²) in [5, 5.41) is 9.35. The molecule has 2 saturated carbocycles. The van der Waals surface area contributed by atoms with Crippen LogP contribution in [0.15, 0.2) is 17.1 Å². The van der Waals surface area contributed by atoms with Crippen molar-refractivity contribution in [1.29, 1.82) is 0 Å². The van der Waals surface area contributed by atoms with Crippen molar-refractivity contribution in [3.05, 3.63) is 33.9 Å². The van der Waals surface area contributed by atoms with Crippen molar-refractivity contribution in [2.45, 2.75) is 31.7 Å². The first kappa shape index (κ1) is 19.1. The van der Waals surface area contributed by atoms with Gasteiger partial charge in [0, 0.05) is 25.3 Å². The van der Waals surface area contributed by atoms with Crippen LogP contribution in [0.25, 0.3) is 11.0 Å². The fourth-order valence-electron chi connectivity index (χ4n) is 4.49. The molecule has 0 amide bonds. The fourth-order valence-corrected chi connectivity index (χ4v) is 4.49. The van der Waals surface area contributed by atoms with Crippen molar-refractivity contribution in [3.8, 4) is 0 Å². The summed E-state index contributed by atoms with van der Waals surface area (Å²) in [6, 6.07) is 1.27. The van der Waals surface area contributed by atoms with Crippen molar-refractivity contribution in [2.24, 2.45) is 17.1 Å². The van der Waals surface area contributed by atoms with Crippen LogP contribution in [0.1, 0.15) is 42.1 Å². The Morgan fingerprint density at radius 2 is 2.11 bits per heavy atom. The molecule has 28 heavy (non-hydrogen) atoms. The summed E-state index contributed by atoms with van der Waals surface area (Å²) >= 11 is 0. The first-order valence-corrected chi connectivity index (χ1v) is 9.37. The number of carboxylic acids is 1. The van der Waals surface area contributed by atoms with Crippen molar-refractivity contribution in [1.82, 2.24) is 9.55 Å². The maximum Gasteiger partial charge on any atom is 0.341 e. The van der Waals surface area contributed by atoms with E-state index >= 15 is 0 Å². The van der Waals surface area contributed by atoms with E-state index in [4.69, 9.17) is 5.73 Å². The van der Waals surface area contributed by atoms with Crippen LogP contribution in [0.3, 0.4) is 0 Å². The Hall–Kier alpha value is -2.19. The molecule has 2 aromatic rings. The zero-order chi connectivity index (χ0) is 18.9. The van der Waals surface area contributed by atoms with E-state index in [0.717, 1.165) is 38.3 Å². The molecule has 3 fully saturated rings. The van der Waals surface area contributed by atoms with Gasteiger partial charge in [0.15, 0.2) is 11.6 Å². The Kier molecular flexibility index (Phi) is 4.39. The van der Waals surface area contributed by atoms with Gasteiger partial charge >= 0.3 is 5.97 Å². The predicted molar refractivity (Wildman–Crippen MR) is 105 cm³/mol. The first-order valence-electron chi connectivity index (χ1n) is 9.37. The summed E-state index contributed by atoms with van der Waals surface area (Å²) in [4.78, 5) is 30.4. The van der Waals surface area contributed by atoms with Crippen LogP contribution in [0.4, 0.5) is 10.2 Å². The van der Waals surface area contributed by atoms with Gasteiger partial charge in [-0.1, -0.05) is 0 Å². The van der Waals surface area contributed by atoms with Crippen molar-refractivity contribution < 1.29 is 14.3 Å². The molecule has 5 rings (SSSR count). The molecule has 0 radical (unpaired) electrons. The van der Waals surface area contributed by atoms with E-state index in [0.29, 0.717) is 24.7 Å². The van der Waals surface area contributed by atoms with Gasteiger partial charge in [-0.2, -0.15) is 0 Å². The van der Waals surface area contributed by atoms with Crippen LogP contribution in [-0.4, -0.2) is 40.3 Å². The zero-order valence-electron chi connectivity index (χ0n) is 15.2. The monoisotopic (exact) mass is 408 g/mol. The lowest BCUT2D eigenvalue weighted by Gasteiger charge is -2.20. The number of halogens is 2. The summed E-state index contributed by atoms with van der Waals surface area (Å²) in [5.74, 6) is -1.32. The summed E-state index contributed by atoms with van der Waals surface area (Å²) < 4.78 is 16.6. The molecular weight excluding hydrogens is 387 g/mol. The number of carbonyl (C=O) groups is 1. The summed E-state index contributed by atoms with van der Waals surface area (Å²) in [6.45, 7) is 1.96. The topological polar surface area (TPSA) is 101 Å². The quantitative estimate of drug-likeness (QED) is 0.803. The highest BCUT2D eigenvalue weighted by Crippen LogP contribution is 2.56. The molecule has 2 aromatic heterocycles. The summed E-state index contributed by atoms with van der Waals surface area (Å²) in [6.07, 6.45) is 5.36. The number of pyridine rings is 2. The molecule has 1 unspecified atom stereocenters. The number of nitrogens with zero attached hydrogens (tertiary/aromatic N) is 3. The normalized spacial score (nSPS) is 22.5. The van der Waals surface area contributed by atoms with E-state index in [1.54, 1.807) is 4.57 Å². The Morgan fingerprint density at radius 1 is 1.39 bits per heavy atom. The highest BCUT2D eigenvalue weighted by atomic mass is 35.5. The van der Waals surface area contributed by atoms with Gasteiger partial charge < -0.3 is 20.3 Å². The van der Waals surface area contributed by atoms with Crippen LogP contribution in [0.2, 0.25) is 0 Å². The first-order chi connectivity index (χ1) is 12.9. The minimum absolute atomic E-state index is 0. The van der Waals surface area contributed by atoms with E-state index in [1.807, 2.05) is 4.90 Å². The number of aromatic carboxylic acids is 1. The Bertz CT molecular complexity index is 1030. The molecule has 3 heterocycles. The number of anilines is 1. The summed E-state index contributed by atoms with van der Waals surface area (Å²) in [7, 11) is 0. The fraction of sp³-hybridized carbons (Fsp3) is 0.526. The third kappa shape index (κ3) is 2.78. The number of nitrogens with two attached hydrogens (primary N) is 1. The Morgan fingerprint density at radius 3 is 2.64 bits per heavy atom. The average Bonchev–Trinajstić information content (AvgIpc) is 3.53. The highest BCUT2D eigenvalue weighted by molar-refractivity contribution is 5.92. The minimum atomic E-state index is -1.30. The molecule has 1 saturated heterocycles. The molecule has 3 N–H and O–H groups in total. The lowest BCUT2D eigenvalue weighted by atomic mass is 9.93. The van der Waals surface area contributed by atoms with Gasteiger partial charge in [0.05, 0.1) is 5.39 Å². The molecule has 0 bridgehead atoms. The molecule has 1 atom stereocenters. The van der Waals surface area contributed by atoms with Gasteiger partial charge in [-0.3, -0.25) is 4.79 Å². The Labute approximate surface area is 166 Å². The van der Waals surface area contributed by atoms with E-state index < -0.39 is 17.2 Å². The number of aromatic nitrogens is 2. The number of fused-ring (bicyclic) bond motifs is 1. The largest absolute Gasteiger partial charge is 0.477 e. The highest BCUT2D eigenvalue weighted by Gasteiger charge is 2.54. The lowest BCUT2D eigenvalue weighted by Crippen LogP contribution is -2.26. The third-order valence-corrected chi connectivity index (χ3v) is 6.40. The number of hydrogen-bond acceptors (Lipinski definition) is 5. The van der Waals surface area contributed by atoms with E-state index in [1.165, 1.54) is 6.20 Å². The Balaban J connectivity index is 0.00000192. The molecule has 2 aliphatic carbocycles. The molecule has 0 aromatic carbocycles. The average molecular weight is 409 g/mol. The molecule has 1 spiro atoms. The molecule has 1 aliphatic heterocycles. The lowest BCUT2D eigenvalue weighted by molar-refractivity contribution is 0.0695. The van der Waals surface area contributed by atoms with Crippen LogP contribution < -0.4 is 16.1 Å². The number of carboxylic acid groups (broad SMARTS) is 1. The molecule has 7 nitrogen and oxygen atoms in total. The van der Waals surface area contributed by atoms with Crippen LogP contribution >= 0.6 is 12.4 Å². The number of rotatable bonds is 4. The van der Waals surface area contributed by atoms with Crippen LogP contribution in [0.5, 0.6) is 0 Å². The smallest absolute Gasteiger partial charge is 0.341 e. The van der Waals surface area contributed by atoms with Gasteiger partial charge in [0.25, 0.3) is 0 Å². The van der Waals surface area contributed by atoms with Gasteiger partial charge in [-0.05, 0) is 49.6 Å². The second kappa shape index (κ2) is 6.42. The SMILES string of the molecule is Cl.NCC1CN(c2nc3c(cc2F)c(=O)c(C(=O)O)cn3C2CC2)CC12CC2. The van der Waals surface area contributed by atoms with Crippen molar-refractivity contribution in [3.63, 3.8) is 0 Å². The second-order valence-corrected chi connectivity index (χ2v) is 8.16. The number of hydrogen-bond donors (Lipinski definition) is 2. The maximum atomic E-state index is 14.9. The van der Waals surface area contributed by atoms with Gasteiger partial charge in [0.2, 0.25) is 5.43 Å². The van der Waals surface area contributed by atoms with E-state index in [9.17, 15) is 19.1 Å². The standard InChI is InChI=1S/C19H21FN4O3.ClH/c20-14-5-12-15(25)13(18(26)27)8-24(11-1-2-11)16(12)22-17(14)23-7-10(6-21)19(9-23)3-4-19;/h5,8,10-11H,1-4,6-7,9,21H2,(H,26,27);1H. The van der Waals surface area contributed by atoms with E-state index in [-0.39, 0.29) is 40.6 Å². The molecule has 150 valence electrons. The van der Waals surface area contributed by atoms with Crippen molar-refractivity contribution in [2.75, 3.05) is 24.5 Å². The van der Waals surface area contributed by atoms with Crippen LogP contribution in [-0.2, 0) is 0 Å². The van der Waals surface area contributed by atoms with E-state index in [2.05, 4.69) is 4.98 Å². The summed E-state index contributed by atoms with van der Waals surface area (Å²) in [5.41, 5.74) is 5.43. The molecule has 9 heteroatoms. The predicted octanol–water partition coefficient (Wildman–Crippen LogP) is 2.17. The third-order valence-electron chi connectivity index (χ3n) is 6.40. The minimum Gasteiger partial charge on any atom is -0.477 e. The zero-order valence-corrected chi connectivity index (χ0v) is 16.0. The second-order valence-electron chi connectivity index (χ2n) is 8.16. The van der Waals surface area contributed by atoms with Crippen LogP contribution in [0, 0.1) is 17.2 Å². The van der Waals surface area contributed by atoms with Gasteiger partial charge in [0.1, 0.15) is 11.2 Å².